The van der Waals surface area contributed by atoms with Gasteiger partial charge in [-0.15, -0.1) is 24.8 Å². The van der Waals surface area contributed by atoms with Gasteiger partial charge in [0.2, 0.25) is 0 Å². The Labute approximate surface area is 92.7 Å². The summed E-state index contributed by atoms with van der Waals surface area (Å²) in [5, 5.41) is 3.41. The SMILES string of the molecule is C#CCSCCNCCCCCC=C. The van der Waals surface area contributed by atoms with Crippen molar-refractivity contribution in [1.82, 2.24) is 5.32 Å². The first-order valence-corrected chi connectivity index (χ1v) is 6.40. The lowest BCUT2D eigenvalue weighted by Crippen LogP contribution is -2.18. The van der Waals surface area contributed by atoms with E-state index in [4.69, 9.17) is 6.42 Å². The average Bonchev–Trinajstić information content (AvgIpc) is 2.21. The quantitative estimate of drug-likeness (QED) is 0.339. The van der Waals surface area contributed by atoms with Crippen molar-refractivity contribution in [2.24, 2.45) is 0 Å². The standard InChI is InChI=1S/C12H21NS/c1-3-5-6-7-8-9-13-10-12-14-11-4-2/h2-3,13H,1,5-12H2. The molecule has 0 fully saturated rings. The molecule has 1 N–H and O–H groups in total. The van der Waals surface area contributed by atoms with Crippen molar-refractivity contribution in [1.29, 1.82) is 0 Å². The second-order valence-corrected chi connectivity index (χ2v) is 4.25. The molecule has 0 aliphatic heterocycles. The van der Waals surface area contributed by atoms with Crippen molar-refractivity contribution in [3.05, 3.63) is 12.7 Å². The zero-order valence-corrected chi connectivity index (χ0v) is 9.74. The molecule has 0 spiro atoms. The lowest BCUT2D eigenvalue weighted by atomic mass is 10.2. The van der Waals surface area contributed by atoms with Crippen LogP contribution >= 0.6 is 11.8 Å². The summed E-state index contributed by atoms with van der Waals surface area (Å²) in [4.78, 5) is 0. The van der Waals surface area contributed by atoms with E-state index in [9.17, 15) is 0 Å². The third-order valence-corrected chi connectivity index (χ3v) is 2.73. The van der Waals surface area contributed by atoms with Crippen molar-refractivity contribution in [2.75, 3.05) is 24.6 Å². The van der Waals surface area contributed by atoms with Crippen molar-refractivity contribution in [3.63, 3.8) is 0 Å². The van der Waals surface area contributed by atoms with E-state index in [0.29, 0.717) is 0 Å². The van der Waals surface area contributed by atoms with Crippen LogP contribution in [0, 0.1) is 12.3 Å². The van der Waals surface area contributed by atoms with Gasteiger partial charge in [0.1, 0.15) is 0 Å². The maximum atomic E-state index is 5.14. The fourth-order valence-corrected chi connectivity index (χ4v) is 1.67. The average molecular weight is 211 g/mol. The summed E-state index contributed by atoms with van der Waals surface area (Å²) in [6.07, 6.45) is 12.1. The lowest BCUT2D eigenvalue weighted by molar-refractivity contribution is 0.622. The van der Waals surface area contributed by atoms with Crippen LogP contribution in [0.25, 0.3) is 0 Å². The van der Waals surface area contributed by atoms with Gasteiger partial charge >= 0.3 is 0 Å². The van der Waals surface area contributed by atoms with Crippen LogP contribution in [0.15, 0.2) is 12.7 Å². The zero-order valence-electron chi connectivity index (χ0n) is 8.93. The number of hydrogen-bond donors (Lipinski definition) is 1. The van der Waals surface area contributed by atoms with Crippen molar-refractivity contribution >= 4 is 11.8 Å². The number of terminal acetylenes is 1. The molecular weight excluding hydrogens is 190 g/mol. The van der Waals surface area contributed by atoms with Gasteiger partial charge in [-0.2, -0.15) is 0 Å². The third-order valence-electron chi connectivity index (χ3n) is 1.87. The van der Waals surface area contributed by atoms with E-state index >= 15 is 0 Å². The van der Waals surface area contributed by atoms with Crippen LogP contribution in [0.1, 0.15) is 25.7 Å². The largest absolute Gasteiger partial charge is 0.316 e. The van der Waals surface area contributed by atoms with Gasteiger partial charge in [0.15, 0.2) is 0 Å². The Morgan fingerprint density at radius 2 is 2.14 bits per heavy atom. The summed E-state index contributed by atoms with van der Waals surface area (Å²) in [7, 11) is 0. The van der Waals surface area contributed by atoms with E-state index in [1.165, 1.54) is 19.3 Å². The highest BCUT2D eigenvalue weighted by molar-refractivity contribution is 7.99. The lowest BCUT2D eigenvalue weighted by Gasteiger charge is -2.02. The first kappa shape index (κ1) is 13.6. The van der Waals surface area contributed by atoms with E-state index in [2.05, 4.69) is 17.8 Å². The Hall–Kier alpha value is -0.390. The van der Waals surface area contributed by atoms with Gasteiger partial charge in [0, 0.05) is 12.3 Å². The number of nitrogens with one attached hydrogen (secondary N) is 1. The summed E-state index contributed by atoms with van der Waals surface area (Å²) in [6, 6.07) is 0. The number of rotatable bonds is 10. The summed E-state index contributed by atoms with van der Waals surface area (Å²) >= 11 is 1.81. The first-order chi connectivity index (χ1) is 6.91. The molecule has 0 atom stereocenters. The van der Waals surface area contributed by atoms with Crippen molar-refractivity contribution in [2.45, 2.75) is 25.7 Å². The Morgan fingerprint density at radius 3 is 2.86 bits per heavy atom. The first-order valence-electron chi connectivity index (χ1n) is 5.24. The summed E-state index contributed by atoms with van der Waals surface area (Å²) < 4.78 is 0. The fourth-order valence-electron chi connectivity index (χ4n) is 1.12. The minimum atomic E-state index is 0.834. The molecule has 0 aliphatic rings. The highest BCUT2D eigenvalue weighted by Gasteiger charge is 1.89. The normalized spacial score (nSPS) is 9.64. The Bertz CT molecular complexity index is 160. The van der Waals surface area contributed by atoms with Crippen LogP contribution in [-0.4, -0.2) is 24.6 Å². The minimum Gasteiger partial charge on any atom is -0.316 e. The molecule has 0 saturated heterocycles. The van der Waals surface area contributed by atoms with Gasteiger partial charge in [-0.05, 0) is 25.8 Å². The number of thioether (sulfide) groups is 1. The topological polar surface area (TPSA) is 12.0 Å². The Kier molecular flexibility index (Phi) is 12.3. The second-order valence-electron chi connectivity index (χ2n) is 3.14. The summed E-state index contributed by atoms with van der Waals surface area (Å²) in [6.45, 7) is 5.91. The molecule has 0 rings (SSSR count). The second kappa shape index (κ2) is 12.6. The molecule has 0 amide bonds. The van der Waals surface area contributed by atoms with Gasteiger partial charge in [-0.25, -0.2) is 0 Å². The molecule has 0 aromatic heterocycles. The molecule has 80 valence electrons. The van der Waals surface area contributed by atoms with Gasteiger partial charge in [-0.3, -0.25) is 0 Å². The van der Waals surface area contributed by atoms with Gasteiger partial charge in [0.25, 0.3) is 0 Å². The number of hydrogen-bond acceptors (Lipinski definition) is 2. The Balaban J connectivity index is 2.85. The van der Waals surface area contributed by atoms with Crippen LogP contribution in [0.5, 0.6) is 0 Å². The van der Waals surface area contributed by atoms with E-state index in [0.717, 1.165) is 31.0 Å². The van der Waals surface area contributed by atoms with Crippen molar-refractivity contribution in [3.8, 4) is 12.3 Å². The minimum absolute atomic E-state index is 0.834. The van der Waals surface area contributed by atoms with E-state index in [-0.39, 0.29) is 0 Å². The predicted octanol–water partition coefficient (Wildman–Crippen LogP) is 2.69. The van der Waals surface area contributed by atoms with Gasteiger partial charge in [-0.1, -0.05) is 18.4 Å². The summed E-state index contributed by atoms with van der Waals surface area (Å²) in [5.74, 6) is 4.57. The van der Waals surface area contributed by atoms with Crippen LogP contribution in [0.2, 0.25) is 0 Å². The molecule has 0 radical (unpaired) electrons. The molecular formula is C12H21NS. The highest BCUT2D eigenvalue weighted by Crippen LogP contribution is 1.99. The van der Waals surface area contributed by atoms with Crippen LogP contribution < -0.4 is 5.32 Å². The van der Waals surface area contributed by atoms with Gasteiger partial charge in [0.05, 0.1) is 5.75 Å². The van der Waals surface area contributed by atoms with Gasteiger partial charge < -0.3 is 5.32 Å². The Morgan fingerprint density at radius 1 is 1.29 bits per heavy atom. The zero-order chi connectivity index (χ0) is 10.5. The molecule has 0 bridgehead atoms. The van der Waals surface area contributed by atoms with Crippen LogP contribution in [0.4, 0.5) is 0 Å². The monoisotopic (exact) mass is 211 g/mol. The van der Waals surface area contributed by atoms with Crippen LogP contribution in [0.3, 0.4) is 0 Å². The molecule has 0 aromatic carbocycles. The molecule has 1 nitrogen and oxygen atoms in total. The third kappa shape index (κ3) is 11.6. The number of unbranched alkanes of at least 4 members (excludes halogenated alkanes) is 3. The molecule has 0 saturated carbocycles. The van der Waals surface area contributed by atoms with Crippen molar-refractivity contribution < 1.29 is 0 Å². The molecule has 0 heterocycles. The fraction of sp³-hybridized carbons (Fsp3) is 0.667. The highest BCUT2D eigenvalue weighted by atomic mass is 32.2. The smallest absolute Gasteiger partial charge is 0.0545 e. The molecule has 14 heavy (non-hydrogen) atoms. The molecule has 0 aromatic rings. The molecule has 0 unspecified atom stereocenters. The van der Waals surface area contributed by atoms with Crippen LogP contribution in [-0.2, 0) is 0 Å². The predicted molar refractivity (Wildman–Crippen MR) is 67.7 cm³/mol. The maximum absolute atomic E-state index is 5.14. The summed E-state index contributed by atoms with van der Waals surface area (Å²) in [5.41, 5.74) is 0. The maximum Gasteiger partial charge on any atom is 0.0545 e. The van der Waals surface area contributed by atoms with E-state index in [1.54, 1.807) is 0 Å². The molecule has 0 aliphatic carbocycles. The van der Waals surface area contributed by atoms with E-state index in [1.807, 2.05) is 17.8 Å². The van der Waals surface area contributed by atoms with E-state index < -0.39 is 0 Å². The number of allylic oxidation sites excluding steroid dienone is 1. The molecule has 2 heteroatoms.